The predicted molar refractivity (Wildman–Crippen MR) is 79.8 cm³/mol. The molecule has 1 N–H and O–H groups in total. The van der Waals surface area contributed by atoms with Crippen LogP contribution in [0.2, 0.25) is 5.02 Å². The monoisotopic (exact) mass is 284 g/mol. The van der Waals surface area contributed by atoms with Gasteiger partial charge in [0.2, 0.25) is 0 Å². The summed E-state index contributed by atoms with van der Waals surface area (Å²) in [6.45, 7) is 4.21. The standard InChI is InChI=1S/C14H25ClN4/c1-10-11(5-6-13(10)16-2)14-12(15)9-17-19(14)8-7-18(3)4/h9-11,13,16H,5-8H2,1-4H3. The molecule has 4 nitrogen and oxygen atoms in total. The van der Waals surface area contributed by atoms with Crippen molar-refractivity contribution in [3.63, 3.8) is 0 Å². The summed E-state index contributed by atoms with van der Waals surface area (Å²) < 4.78 is 2.10. The van der Waals surface area contributed by atoms with Crippen molar-refractivity contribution in [1.29, 1.82) is 0 Å². The fourth-order valence-corrected chi connectivity index (χ4v) is 3.45. The zero-order chi connectivity index (χ0) is 14.0. The molecule has 0 saturated heterocycles. The van der Waals surface area contributed by atoms with E-state index in [9.17, 15) is 0 Å². The summed E-state index contributed by atoms with van der Waals surface area (Å²) in [7, 11) is 6.22. The minimum absolute atomic E-state index is 0.523. The molecule has 19 heavy (non-hydrogen) atoms. The maximum Gasteiger partial charge on any atom is 0.0820 e. The Morgan fingerprint density at radius 2 is 2.21 bits per heavy atom. The van der Waals surface area contributed by atoms with Crippen molar-refractivity contribution in [1.82, 2.24) is 20.0 Å². The van der Waals surface area contributed by atoms with E-state index in [4.69, 9.17) is 11.6 Å². The lowest BCUT2D eigenvalue weighted by Crippen LogP contribution is -2.29. The topological polar surface area (TPSA) is 33.1 Å². The molecule has 1 aliphatic rings. The van der Waals surface area contributed by atoms with Gasteiger partial charge in [0.05, 0.1) is 23.5 Å². The second-order valence-electron chi connectivity index (χ2n) is 5.84. The number of likely N-dealkylation sites (N-methyl/N-ethyl adjacent to an activating group) is 1. The Balaban J connectivity index is 2.17. The van der Waals surface area contributed by atoms with Gasteiger partial charge in [-0.2, -0.15) is 5.10 Å². The lowest BCUT2D eigenvalue weighted by atomic mass is 9.92. The van der Waals surface area contributed by atoms with Crippen LogP contribution in [0.1, 0.15) is 31.4 Å². The van der Waals surface area contributed by atoms with E-state index in [1.54, 1.807) is 6.20 Å². The van der Waals surface area contributed by atoms with E-state index in [0.29, 0.717) is 17.9 Å². The summed E-state index contributed by atoms with van der Waals surface area (Å²) in [4.78, 5) is 2.17. The van der Waals surface area contributed by atoms with Crippen LogP contribution in [0.25, 0.3) is 0 Å². The first-order valence-corrected chi connectivity index (χ1v) is 7.45. The summed E-state index contributed by atoms with van der Waals surface area (Å²) >= 11 is 6.38. The molecule has 0 amide bonds. The number of nitrogens with zero attached hydrogens (tertiary/aromatic N) is 3. The number of hydrogen-bond acceptors (Lipinski definition) is 3. The van der Waals surface area contributed by atoms with Gasteiger partial charge >= 0.3 is 0 Å². The van der Waals surface area contributed by atoms with Gasteiger partial charge in [-0.15, -0.1) is 0 Å². The highest BCUT2D eigenvalue weighted by atomic mass is 35.5. The lowest BCUT2D eigenvalue weighted by Gasteiger charge is -2.22. The fraction of sp³-hybridized carbons (Fsp3) is 0.786. The normalized spacial score (nSPS) is 27.4. The SMILES string of the molecule is CNC1CCC(c2c(Cl)cnn2CCN(C)C)C1C. The summed E-state index contributed by atoms with van der Waals surface area (Å²) in [5.41, 5.74) is 1.23. The van der Waals surface area contributed by atoms with Crippen molar-refractivity contribution in [3.05, 3.63) is 16.9 Å². The van der Waals surface area contributed by atoms with Crippen LogP contribution >= 0.6 is 11.6 Å². The van der Waals surface area contributed by atoms with Crippen LogP contribution in [-0.4, -0.2) is 48.4 Å². The smallest absolute Gasteiger partial charge is 0.0820 e. The summed E-state index contributed by atoms with van der Waals surface area (Å²) in [5.74, 6) is 1.13. The molecular formula is C14H25ClN4. The van der Waals surface area contributed by atoms with Gasteiger partial charge in [-0.3, -0.25) is 4.68 Å². The molecule has 0 radical (unpaired) electrons. The minimum atomic E-state index is 0.523. The Labute approximate surface area is 121 Å². The van der Waals surface area contributed by atoms with Gasteiger partial charge in [0.25, 0.3) is 0 Å². The van der Waals surface area contributed by atoms with Gasteiger partial charge < -0.3 is 10.2 Å². The Hall–Kier alpha value is -0.580. The Bertz CT molecular complexity index is 416. The molecule has 3 atom stereocenters. The van der Waals surface area contributed by atoms with Gasteiger partial charge in [0.15, 0.2) is 0 Å². The lowest BCUT2D eigenvalue weighted by molar-refractivity contribution is 0.357. The molecule has 0 spiro atoms. The predicted octanol–water partition coefficient (Wildman–Crippen LogP) is 2.20. The van der Waals surface area contributed by atoms with Crippen LogP contribution in [0, 0.1) is 5.92 Å². The molecule has 1 aromatic rings. The van der Waals surface area contributed by atoms with E-state index in [1.807, 2.05) is 0 Å². The number of nitrogens with one attached hydrogen (secondary N) is 1. The van der Waals surface area contributed by atoms with Gasteiger partial charge in [-0.05, 0) is 39.9 Å². The molecule has 1 heterocycles. The second kappa shape index (κ2) is 6.25. The third kappa shape index (κ3) is 3.12. The van der Waals surface area contributed by atoms with Gasteiger partial charge in [0.1, 0.15) is 0 Å². The van der Waals surface area contributed by atoms with E-state index in [-0.39, 0.29) is 0 Å². The van der Waals surface area contributed by atoms with E-state index in [2.05, 4.69) is 48.1 Å². The largest absolute Gasteiger partial charge is 0.317 e. The molecular weight excluding hydrogens is 260 g/mol. The molecule has 3 unspecified atom stereocenters. The van der Waals surface area contributed by atoms with E-state index in [1.165, 1.54) is 18.5 Å². The van der Waals surface area contributed by atoms with Crippen molar-refractivity contribution in [2.45, 2.75) is 38.3 Å². The molecule has 1 aromatic heterocycles. The maximum absolute atomic E-state index is 6.38. The summed E-state index contributed by atoms with van der Waals surface area (Å²) in [6.07, 6.45) is 4.21. The van der Waals surface area contributed by atoms with E-state index < -0.39 is 0 Å². The summed E-state index contributed by atoms with van der Waals surface area (Å²) in [6, 6.07) is 0.596. The van der Waals surface area contributed by atoms with Crippen molar-refractivity contribution >= 4 is 11.6 Å². The molecule has 5 heteroatoms. The third-order valence-electron chi connectivity index (χ3n) is 4.37. The first kappa shape index (κ1) is 14.8. The second-order valence-corrected chi connectivity index (χ2v) is 6.25. The fourth-order valence-electron chi connectivity index (χ4n) is 3.17. The third-order valence-corrected chi connectivity index (χ3v) is 4.66. The quantitative estimate of drug-likeness (QED) is 0.900. The highest BCUT2D eigenvalue weighted by Crippen LogP contribution is 2.41. The molecule has 0 aliphatic heterocycles. The zero-order valence-corrected chi connectivity index (χ0v) is 13.1. The average Bonchev–Trinajstić information content (AvgIpc) is 2.90. The van der Waals surface area contributed by atoms with Gasteiger partial charge in [0, 0.05) is 18.5 Å². The Kier molecular flexibility index (Phi) is 4.87. The maximum atomic E-state index is 6.38. The average molecular weight is 285 g/mol. The van der Waals surface area contributed by atoms with E-state index in [0.717, 1.165) is 18.1 Å². The summed E-state index contributed by atoms with van der Waals surface area (Å²) in [5, 5.41) is 8.70. The van der Waals surface area contributed by atoms with Crippen molar-refractivity contribution < 1.29 is 0 Å². The Morgan fingerprint density at radius 3 is 2.79 bits per heavy atom. The van der Waals surface area contributed by atoms with Crippen LogP contribution < -0.4 is 5.32 Å². The zero-order valence-electron chi connectivity index (χ0n) is 12.4. The molecule has 2 rings (SSSR count). The molecule has 0 aromatic carbocycles. The molecule has 1 aliphatic carbocycles. The molecule has 0 bridgehead atoms. The Morgan fingerprint density at radius 1 is 1.47 bits per heavy atom. The van der Waals surface area contributed by atoms with Crippen molar-refractivity contribution in [2.24, 2.45) is 5.92 Å². The van der Waals surface area contributed by atoms with Crippen LogP contribution in [-0.2, 0) is 6.54 Å². The minimum Gasteiger partial charge on any atom is -0.317 e. The van der Waals surface area contributed by atoms with E-state index >= 15 is 0 Å². The highest BCUT2D eigenvalue weighted by molar-refractivity contribution is 6.31. The van der Waals surface area contributed by atoms with Crippen molar-refractivity contribution in [3.8, 4) is 0 Å². The highest BCUT2D eigenvalue weighted by Gasteiger charge is 2.35. The van der Waals surface area contributed by atoms with Crippen LogP contribution in [0.4, 0.5) is 0 Å². The first-order valence-electron chi connectivity index (χ1n) is 7.07. The van der Waals surface area contributed by atoms with Crippen molar-refractivity contribution in [2.75, 3.05) is 27.7 Å². The number of aromatic nitrogens is 2. The van der Waals surface area contributed by atoms with Crippen LogP contribution in [0.15, 0.2) is 6.20 Å². The number of hydrogen-bond donors (Lipinski definition) is 1. The van der Waals surface area contributed by atoms with Crippen LogP contribution in [0.5, 0.6) is 0 Å². The number of rotatable bonds is 5. The van der Waals surface area contributed by atoms with Gasteiger partial charge in [-0.25, -0.2) is 0 Å². The molecule has 1 saturated carbocycles. The van der Waals surface area contributed by atoms with Crippen LogP contribution in [0.3, 0.4) is 0 Å². The van der Waals surface area contributed by atoms with Gasteiger partial charge in [-0.1, -0.05) is 18.5 Å². The number of halogens is 1. The first-order chi connectivity index (χ1) is 9.04. The molecule has 108 valence electrons. The molecule has 1 fully saturated rings.